The van der Waals surface area contributed by atoms with Crippen molar-refractivity contribution in [2.45, 2.75) is 39.6 Å². The summed E-state index contributed by atoms with van der Waals surface area (Å²) in [6.07, 6.45) is -5.03. The lowest BCUT2D eigenvalue weighted by atomic mass is 9.93. The Balaban J connectivity index is 0.000000238. The number of nitrogens with zero attached hydrogens (tertiary/aromatic N) is 2. The molecule has 9 nitrogen and oxygen atoms in total. The Morgan fingerprint density at radius 2 is 0.804 bits per heavy atom. The van der Waals surface area contributed by atoms with Gasteiger partial charge in [0.2, 0.25) is 0 Å². The van der Waals surface area contributed by atoms with Crippen molar-refractivity contribution >= 4 is 23.7 Å². The van der Waals surface area contributed by atoms with Crippen LogP contribution in [-0.2, 0) is 53.2 Å². The summed E-state index contributed by atoms with van der Waals surface area (Å²) in [7, 11) is 0. The molecule has 4 atom stereocenters. The maximum Gasteiger partial charge on any atom is 0.311 e. The summed E-state index contributed by atoms with van der Waals surface area (Å²) < 4.78 is 66.5. The van der Waals surface area contributed by atoms with Gasteiger partial charge in [-0.3, -0.25) is 29.0 Å². The van der Waals surface area contributed by atoms with Gasteiger partial charge in [-0.15, -0.1) is 0 Å². The number of Topliss-reactive ketones (excluding diaryl/α,β-unsaturated/α-hetero) is 1. The highest BCUT2D eigenvalue weighted by Gasteiger charge is 2.44. The zero-order chi connectivity index (χ0) is 36.8. The maximum absolute atomic E-state index is 12.8. The molecule has 0 saturated carbocycles. The van der Waals surface area contributed by atoms with E-state index in [0.29, 0.717) is 0 Å². The summed E-state index contributed by atoms with van der Waals surface area (Å²) in [5, 5.41) is 0. The van der Waals surface area contributed by atoms with Gasteiger partial charge in [-0.05, 0) is 23.6 Å². The normalized spacial score (nSPS) is 20.5. The minimum absolute atomic E-state index is 0.0447. The van der Waals surface area contributed by atoms with Gasteiger partial charge in [0.15, 0.2) is 0 Å². The molecule has 0 unspecified atom stereocenters. The van der Waals surface area contributed by atoms with E-state index in [0.717, 1.165) is 16.7 Å². The third kappa shape index (κ3) is 12.6. The monoisotopic (exact) mass is 714 g/mol. The van der Waals surface area contributed by atoms with Crippen LogP contribution in [0.4, 0.5) is 17.6 Å². The van der Waals surface area contributed by atoms with Crippen molar-refractivity contribution in [3.05, 3.63) is 108 Å². The number of carbonyl (C=O) groups excluding carboxylic acids is 4. The second kappa shape index (κ2) is 19.7. The lowest BCUT2D eigenvalue weighted by Gasteiger charge is -2.16. The molecule has 0 N–H and O–H groups in total. The molecule has 51 heavy (non-hydrogen) atoms. The van der Waals surface area contributed by atoms with Crippen LogP contribution in [0.5, 0.6) is 0 Å². The summed E-state index contributed by atoms with van der Waals surface area (Å²) >= 11 is 0. The van der Waals surface area contributed by atoms with Crippen LogP contribution < -0.4 is 0 Å². The number of ketones is 1. The topological polar surface area (TPSA) is 102 Å². The van der Waals surface area contributed by atoms with Crippen LogP contribution in [0.15, 0.2) is 91.0 Å². The fourth-order valence-corrected chi connectivity index (χ4v) is 6.09. The molecule has 274 valence electrons. The molecule has 2 saturated heterocycles. The van der Waals surface area contributed by atoms with E-state index in [4.69, 9.17) is 14.2 Å². The first-order chi connectivity index (χ1) is 24.5. The molecule has 2 aliphatic heterocycles. The van der Waals surface area contributed by atoms with Gasteiger partial charge in [0, 0.05) is 32.1 Å². The number of ether oxygens (including phenoxy) is 3. The van der Waals surface area contributed by atoms with Crippen LogP contribution >= 0.6 is 0 Å². The van der Waals surface area contributed by atoms with Crippen molar-refractivity contribution in [1.82, 2.24) is 9.80 Å². The number of halogens is 4. The molecule has 0 spiro atoms. The minimum Gasteiger partial charge on any atom is -0.461 e. The lowest BCUT2D eigenvalue weighted by Crippen LogP contribution is -2.31. The van der Waals surface area contributed by atoms with Crippen molar-refractivity contribution in [2.24, 2.45) is 23.7 Å². The van der Waals surface area contributed by atoms with Crippen LogP contribution in [-0.4, -0.2) is 85.6 Å². The maximum atomic E-state index is 12.8. The van der Waals surface area contributed by atoms with Crippen molar-refractivity contribution in [3.8, 4) is 0 Å². The van der Waals surface area contributed by atoms with Gasteiger partial charge in [0.25, 0.3) is 12.9 Å². The number of rotatable bonds is 14. The fourth-order valence-electron chi connectivity index (χ4n) is 6.09. The van der Waals surface area contributed by atoms with Gasteiger partial charge >= 0.3 is 17.9 Å². The Morgan fingerprint density at radius 1 is 0.529 bits per heavy atom. The number of hydrogen-bond donors (Lipinski definition) is 0. The molecule has 5 rings (SSSR count). The van der Waals surface area contributed by atoms with E-state index < -0.39 is 67.5 Å². The fraction of sp³-hybridized carbons (Fsp3) is 0.421. The van der Waals surface area contributed by atoms with E-state index in [9.17, 15) is 36.7 Å². The number of carbonyl (C=O) groups is 4. The van der Waals surface area contributed by atoms with Gasteiger partial charge in [-0.1, -0.05) is 91.0 Å². The minimum atomic E-state index is -2.55. The van der Waals surface area contributed by atoms with Crippen LogP contribution in [0.1, 0.15) is 23.6 Å². The van der Waals surface area contributed by atoms with E-state index in [-0.39, 0.29) is 51.8 Å². The second-order valence-corrected chi connectivity index (χ2v) is 12.5. The molecule has 0 bridgehead atoms. The second-order valence-electron chi connectivity index (χ2n) is 12.5. The molecular formula is C38H42F4N2O7. The van der Waals surface area contributed by atoms with Gasteiger partial charge < -0.3 is 14.2 Å². The predicted molar refractivity (Wildman–Crippen MR) is 178 cm³/mol. The first kappa shape index (κ1) is 39.2. The molecule has 13 heteroatoms. The standard InChI is InChI=1S/C22H23F2NO4.C16H19F2NO3/c23-20(24)13-25-11-18(21(26)28-14-16-7-3-1-4-8-16)19(12-25)22(27)29-15-17-9-5-2-6-10-17;1-11(20)13-7-19(9-15(17)18)8-14(13)16(21)22-10-12-5-3-2-4-6-12/h1-10,18-20H,11-15H2;2-6,13-15H,7-10H2,1H3/t18-,19-;13-,14+/m11/s1. The summed E-state index contributed by atoms with van der Waals surface area (Å²) in [6, 6.07) is 27.5. The number of hydrogen-bond acceptors (Lipinski definition) is 9. The van der Waals surface area contributed by atoms with Crippen molar-refractivity contribution in [1.29, 1.82) is 0 Å². The summed E-state index contributed by atoms with van der Waals surface area (Å²) in [6.45, 7) is 1.13. The Labute approximate surface area is 294 Å². The van der Waals surface area contributed by atoms with Crippen molar-refractivity contribution in [3.63, 3.8) is 0 Å². The predicted octanol–water partition coefficient (Wildman–Crippen LogP) is 5.42. The Morgan fingerprint density at radius 3 is 1.08 bits per heavy atom. The van der Waals surface area contributed by atoms with Crippen LogP contribution in [0, 0.1) is 23.7 Å². The SMILES string of the molecule is CC(=O)[C@H]1CN(CC(F)F)C[C@@H]1C(=O)OCc1ccccc1.O=C(OCc1ccccc1)[C@@H]1CN(CC(F)F)C[C@H]1C(=O)OCc1ccccc1. The first-order valence-corrected chi connectivity index (χ1v) is 16.6. The van der Waals surface area contributed by atoms with Gasteiger partial charge in [0.05, 0.1) is 30.8 Å². The Hall–Kier alpha value is -4.62. The molecule has 3 aromatic carbocycles. The van der Waals surface area contributed by atoms with E-state index in [1.165, 1.54) is 16.7 Å². The zero-order valence-corrected chi connectivity index (χ0v) is 28.3. The molecule has 0 amide bonds. The van der Waals surface area contributed by atoms with E-state index >= 15 is 0 Å². The quantitative estimate of drug-likeness (QED) is 0.123. The molecule has 2 aliphatic rings. The number of likely N-dealkylation sites (tertiary alicyclic amines) is 2. The van der Waals surface area contributed by atoms with Crippen LogP contribution in [0.25, 0.3) is 0 Å². The summed E-state index contributed by atoms with van der Waals surface area (Å²) in [4.78, 5) is 51.9. The van der Waals surface area contributed by atoms with E-state index in [1.54, 1.807) is 0 Å². The molecule has 3 aromatic rings. The number of alkyl halides is 4. The van der Waals surface area contributed by atoms with Gasteiger partial charge in [0.1, 0.15) is 25.6 Å². The number of benzene rings is 3. The third-order valence-corrected chi connectivity index (χ3v) is 8.69. The van der Waals surface area contributed by atoms with Gasteiger partial charge in [-0.2, -0.15) is 0 Å². The van der Waals surface area contributed by atoms with Crippen LogP contribution in [0.3, 0.4) is 0 Å². The van der Waals surface area contributed by atoms with Gasteiger partial charge in [-0.25, -0.2) is 17.6 Å². The molecule has 0 radical (unpaired) electrons. The Kier molecular flexibility index (Phi) is 15.1. The lowest BCUT2D eigenvalue weighted by molar-refractivity contribution is -0.160. The molecule has 2 fully saturated rings. The van der Waals surface area contributed by atoms with E-state index in [1.807, 2.05) is 91.0 Å². The molecule has 0 aromatic heterocycles. The molecule has 2 heterocycles. The number of esters is 3. The largest absolute Gasteiger partial charge is 0.461 e. The summed E-state index contributed by atoms with van der Waals surface area (Å²) in [5.41, 5.74) is 2.47. The van der Waals surface area contributed by atoms with E-state index in [2.05, 4.69) is 0 Å². The molecular weight excluding hydrogens is 672 g/mol. The average Bonchev–Trinajstić information content (AvgIpc) is 3.74. The van der Waals surface area contributed by atoms with Crippen molar-refractivity contribution < 1.29 is 51.0 Å². The molecule has 0 aliphatic carbocycles. The highest BCUT2D eigenvalue weighted by Crippen LogP contribution is 2.28. The first-order valence-electron chi connectivity index (χ1n) is 16.6. The Bertz CT molecular complexity index is 1490. The summed E-state index contributed by atoms with van der Waals surface area (Å²) in [5.74, 6) is -4.72. The van der Waals surface area contributed by atoms with Crippen LogP contribution in [0.2, 0.25) is 0 Å². The average molecular weight is 715 g/mol. The third-order valence-electron chi connectivity index (χ3n) is 8.69. The van der Waals surface area contributed by atoms with Crippen molar-refractivity contribution in [2.75, 3.05) is 39.3 Å². The highest BCUT2D eigenvalue weighted by molar-refractivity contribution is 5.86. The highest BCUT2D eigenvalue weighted by atomic mass is 19.3. The zero-order valence-electron chi connectivity index (χ0n) is 28.3. The smallest absolute Gasteiger partial charge is 0.311 e.